The molecule has 0 unspecified atom stereocenters. The van der Waals surface area contributed by atoms with Gasteiger partial charge in [-0.15, -0.1) is 0 Å². The number of aryl methyl sites for hydroxylation is 1. The molecular weight excluding hydrogens is 189 g/mol. The minimum Gasteiger partial charge on any atom is -0.238 e. The van der Waals surface area contributed by atoms with Crippen LogP contribution in [0.4, 0.5) is 4.39 Å². The first-order valence-corrected chi connectivity index (χ1v) is 4.89. The number of hydrogen-bond acceptors (Lipinski definition) is 1. The largest absolute Gasteiger partial charge is 0.238 e. The maximum atomic E-state index is 13.5. The van der Waals surface area contributed by atoms with Crippen LogP contribution < -0.4 is 0 Å². The van der Waals surface area contributed by atoms with Crippen molar-refractivity contribution in [2.24, 2.45) is 0 Å². The van der Waals surface area contributed by atoms with Gasteiger partial charge < -0.3 is 0 Å². The number of nitrogens with zero attached hydrogens (tertiary/aromatic N) is 1. The lowest BCUT2D eigenvalue weighted by Gasteiger charge is -2.26. The molecule has 0 aliphatic heterocycles. The van der Waals surface area contributed by atoms with Crippen LogP contribution in [0.15, 0.2) is 6.07 Å². The van der Waals surface area contributed by atoms with Crippen LogP contribution >= 0.6 is 11.6 Å². The third kappa shape index (κ3) is 1.55. The Morgan fingerprint density at radius 3 is 2.77 bits per heavy atom. The number of aromatic nitrogens is 1. The maximum absolute atomic E-state index is 13.5. The van der Waals surface area contributed by atoms with Crippen LogP contribution in [0.5, 0.6) is 0 Å². The molecule has 1 aliphatic rings. The number of halogens is 2. The molecule has 70 valence electrons. The van der Waals surface area contributed by atoms with Gasteiger partial charge in [-0.3, -0.25) is 0 Å². The lowest BCUT2D eigenvalue weighted by atomic mass is 9.80. The zero-order valence-electron chi connectivity index (χ0n) is 7.48. The zero-order chi connectivity index (χ0) is 9.42. The van der Waals surface area contributed by atoms with Gasteiger partial charge in [0.1, 0.15) is 11.0 Å². The predicted octanol–water partition coefficient (Wildman–Crippen LogP) is 3.45. The summed E-state index contributed by atoms with van der Waals surface area (Å²) in [5.74, 6) is 0.202. The third-order valence-electron chi connectivity index (χ3n) is 2.67. The second-order valence-electron chi connectivity index (χ2n) is 3.56. The Hall–Kier alpha value is -0.630. The van der Waals surface area contributed by atoms with Crippen LogP contribution in [0, 0.1) is 12.7 Å². The van der Waals surface area contributed by atoms with Crippen molar-refractivity contribution in [1.82, 2.24) is 4.98 Å². The van der Waals surface area contributed by atoms with Gasteiger partial charge in [-0.05, 0) is 37.3 Å². The van der Waals surface area contributed by atoms with E-state index in [2.05, 4.69) is 4.98 Å². The molecule has 0 atom stereocenters. The first kappa shape index (κ1) is 8.95. The summed E-state index contributed by atoms with van der Waals surface area (Å²) < 4.78 is 13.5. The molecule has 1 fully saturated rings. The Balaban J connectivity index is 2.42. The maximum Gasteiger partial charge on any atom is 0.147 e. The van der Waals surface area contributed by atoms with Crippen LogP contribution in [-0.2, 0) is 0 Å². The highest BCUT2D eigenvalue weighted by atomic mass is 35.5. The number of hydrogen-bond donors (Lipinski definition) is 0. The van der Waals surface area contributed by atoms with Gasteiger partial charge in [0, 0.05) is 0 Å². The minimum absolute atomic E-state index is 0.172. The molecule has 0 N–H and O–H groups in total. The van der Waals surface area contributed by atoms with Crippen molar-refractivity contribution in [3.8, 4) is 0 Å². The van der Waals surface area contributed by atoms with E-state index < -0.39 is 0 Å². The molecule has 0 spiro atoms. The van der Waals surface area contributed by atoms with Crippen LogP contribution in [0.2, 0.25) is 5.15 Å². The van der Waals surface area contributed by atoms with E-state index in [4.69, 9.17) is 11.6 Å². The molecule has 13 heavy (non-hydrogen) atoms. The molecule has 0 radical (unpaired) electrons. The van der Waals surface area contributed by atoms with Gasteiger partial charge in [0.05, 0.1) is 5.69 Å². The van der Waals surface area contributed by atoms with E-state index in [1.807, 2.05) is 0 Å². The fourth-order valence-electron chi connectivity index (χ4n) is 1.66. The summed E-state index contributed by atoms with van der Waals surface area (Å²) in [6, 6.07) is 1.66. The lowest BCUT2D eigenvalue weighted by molar-refractivity contribution is 0.402. The quantitative estimate of drug-likeness (QED) is 0.632. The molecule has 1 saturated carbocycles. The molecule has 1 aromatic rings. The van der Waals surface area contributed by atoms with Crippen molar-refractivity contribution in [3.05, 3.63) is 28.3 Å². The van der Waals surface area contributed by atoms with Gasteiger partial charge in [0.25, 0.3) is 0 Å². The monoisotopic (exact) mass is 199 g/mol. The highest BCUT2D eigenvalue weighted by Gasteiger charge is 2.24. The Morgan fingerprint density at radius 2 is 2.23 bits per heavy atom. The highest BCUT2D eigenvalue weighted by Crippen LogP contribution is 2.38. The van der Waals surface area contributed by atoms with Crippen molar-refractivity contribution in [1.29, 1.82) is 0 Å². The Kier molecular flexibility index (Phi) is 2.24. The Bertz CT molecular complexity index is 334. The Morgan fingerprint density at radius 1 is 1.54 bits per heavy atom. The second kappa shape index (κ2) is 3.26. The van der Waals surface area contributed by atoms with Crippen LogP contribution in [-0.4, -0.2) is 4.98 Å². The molecule has 1 aromatic heterocycles. The SMILES string of the molecule is Cc1nc(Cl)cc(C2CCC2)c1F. The number of pyridine rings is 1. The second-order valence-corrected chi connectivity index (χ2v) is 3.95. The van der Waals surface area contributed by atoms with Gasteiger partial charge in [0.15, 0.2) is 0 Å². The van der Waals surface area contributed by atoms with Crippen molar-refractivity contribution in [2.75, 3.05) is 0 Å². The molecule has 0 saturated heterocycles. The molecule has 0 amide bonds. The van der Waals surface area contributed by atoms with Crippen molar-refractivity contribution < 1.29 is 4.39 Å². The molecule has 3 heteroatoms. The van der Waals surface area contributed by atoms with Gasteiger partial charge in [-0.2, -0.15) is 0 Å². The van der Waals surface area contributed by atoms with Crippen molar-refractivity contribution in [2.45, 2.75) is 32.1 Å². The summed E-state index contributed by atoms with van der Waals surface area (Å²) in [7, 11) is 0. The minimum atomic E-state index is -0.172. The molecule has 2 rings (SSSR count). The molecular formula is C10H11ClFN. The fraction of sp³-hybridized carbons (Fsp3) is 0.500. The van der Waals surface area contributed by atoms with Gasteiger partial charge in [-0.25, -0.2) is 9.37 Å². The average molecular weight is 200 g/mol. The summed E-state index contributed by atoms with van der Waals surface area (Å²) in [6.45, 7) is 1.66. The fourth-order valence-corrected chi connectivity index (χ4v) is 1.90. The van der Waals surface area contributed by atoms with E-state index in [-0.39, 0.29) is 5.82 Å². The van der Waals surface area contributed by atoms with Gasteiger partial charge in [-0.1, -0.05) is 18.0 Å². The van der Waals surface area contributed by atoms with Gasteiger partial charge in [0.2, 0.25) is 0 Å². The summed E-state index contributed by atoms with van der Waals surface area (Å²) in [4.78, 5) is 3.87. The summed E-state index contributed by atoms with van der Waals surface area (Å²) in [5, 5.41) is 0.404. The average Bonchev–Trinajstić information content (AvgIpc) is 1.95. The van der Waals surface area contributed by atoms with E-state index >= 15 is 0 Å². The van der Waals surface area contributed by atoms with E-state index in [1.54, 1.807) is 13.0 Å². The van der Waals surface area contributed by atoms with E-state index in [0.29, 0.717) is 16.8 Å². The van der Waals surface area contributed by atoms with E-state index in [0.717, 1.165) is 18.4 Å². The van der Waals surface area contributed by atoms with Crippen molar-refractivity contribution >= 4 is 11.6 Å². The summed E-state index contributed by atoms with van der Waals surface area (Å²) >= 11 is 5.77. The van der Waals surface area contributed by atoms with Crippen LogP contribution in [0.1, 0.15) is 36.4 Å². The van der Waals surface area contributed by atoms with Crippen LogP contribution in [0.25, 0.3) is 0 Å². The topological polar surface area (TPSA) is 12.9 Å². The lowest BCUT2D eigenvalue weighted by Crippen LogP contribution is -2.12. The summed E-state index contributed by atoms with van der Waals surface area (Å²) in [5.41, 5.74) is 1.16. The standard InChI is InChI=1S/C10H11ClFN/c1-6-10(12)8(5-9(11)13-6)7-3-2-4-7/h5,7H,2-4H2,1H3. The summed E-state index contributed by atoms with van der Waals surface area (Å²) in [6.07, 6.45) is 3.36. The molecule has 0 bridgehead atoms. The normalized spacial score (nSPS) is 17.2. The molecule has 0 aromatic carbocycles. The van der Waals surface area contributed by atoms with Gasteiger partial charge >= 0.3 is 0 Å². The van der Waals surface area contributed by atoms with Crippen molar-refractivity contribution in [3.63, 3.8) is 0 Å². The third-order valence-corrected chi connectivity index (χ3v) is 2.86. The number of rotatable bonds is 1. The van der Waals surface area contributed by atoms with Crippen LogP contribution in [0.3, 0.4) is 0 Å². The van der Waals surface area contributed by atoms with E-state index in [9.17, 15) is 4.39 Å². The predicted molar refractivity (Wildman–Crippen MR) is 50.5 cm³/mol. The Labute approximate surface area is 81.9 Å². The smallest absolute Gasteiger partial charge is 0.147 e. The highest BCUT2D eigenvalue weighted by molar-refractivity contribution is 6.29. The molecule has 1 heterocycles. The molecule has 1 nitrogen and oxygen atoms in total. The first-order chi connectivity index (χ1) is 6.18. The molecule has 1 aliphatic carbocycles. The zero-order valence-corrected chi connectivity index (χ0v) is 8.24. The first-order valence-electron chi connectivity index (χ1n) is 4.51. The van der Waals surface area contributed by atoms with E-state index in [1.165, 1.54) is 6.42 Å².